The summed E-state index contributed by atoms with van der Waals surface area (Å²) in [5.41, 5.74) is 0. The van der Waals surface area contributed by atoms with Crippen LogP contribution in [-0.2, 0) is 18.9 Å². The molecule has 3 aliphatic rings. The van der Waals surface area contributed by atoms with Gasteiger partial charge in [0, 0.05) is 18.3 Å². The second-order valence-electron chi connectivity index (χ2n) is 5.75. The molecule has 2 aliphatic heterocycles. The molecule has 0 unspecified atom stereocenters. The summed E-state index contributed by atoms with van der Waals surface area (Å²) in [6, 6.07) is 0. The third-order valence-electron chi connectivity index (χ3n) is 4.64. The van der Waals surface area contributed by atoms with E-state index in [-0.39, 0.29) is 12.1 Å². The Morgan fingerprint density at radius 2 is 1.61 bits per heavy atom. The van der Waals surface area contributed by atoms with Crippen LogP contribution in [0.15, 0.2) is 0 Å². The molecule has 4 heteroatoms. The van der Waals surface area contributed by atoms with E-state index in [4.69, 9.17) is 18.9 Å². The second kappa shape index (κ2) is 5.45. The number of rotatable bonds is 1. The Bertz CT molecular complexity index is 269. The maximum Gasteiger partial charge on any atom is 0.171 e. The predicted octanol–water partition coefficient (Wildman–Crippen LogP) is 2.32. The van der Waals surface area contributed by atoms with Crippen molar-refractivity contribution in [2.45, 2.75) is 51.1 Å². The van der Waals surface area contributed by atoms with Crippen LogP contribution >= 0.6 is 0 Å². The third kappa shape index (κ3) is 2.44. The summed E-state index contributed by atoms with van der Waals surface area (Å²) in [4.78, 5) is 0. The Hall–Kier alpha value is -0.160. The molecular weight excluding hydrogens is 232 g/mol. The van der Waals surface area contributed by atoms with Gasteiger partial charge in [0.25, 0.3) is 0 Å². The van der Waals surface area contributed by atoms with Crippen molar-refractivity contribution in [3.8, 4) is 0 Å². The monoisotopic (exact) mass is 256 g/mol. The highest BCUT2D eigenvalue weighted by atomic mass is 16.7. The molecule has 1 saturated carbocycles. The maximum absolute atomic E-state index is 5.94. The third-order valence-corrected chi connectivity index (χ3v) is 4.64. The lowest BCUT2D eigenvalue weighted by molar-refractivity contribution is -0.207. The highest BCUT2D eigenvalue weighted by Gasteiger charge is 2.44. The summed E-state index contributed by atoms with van der Waals surface area (Å²) in [6.07, 6.45) is 5.64. The molecule has 2 atom stereocenters. The molecule has 0 radical (unpaired) electrons. The first-order valence-corrected chi connectivity index (χ1v) is 7.31. The van der Waals surface area contributed by atoms with Gasteiger partial charge in [-0.15, -0.1) is 0 Å². The molecule has 104 valence electrons. The van der Waals surface area contributed by atoms with Gasteiger partial charge in [-0.2, -0.15) is 0 Å². The molecule has 2 saturated heterocycles. The SMILES string of the molecule is C[C@@H]1CCC[C@H](C2OCCO2)CCC12OCCO2. The van der Waals surface area contributed by atoms with E-state index >= 15 is 0 Å². The minimum absolute atomic E-state index is 0.0110. The quantitative estimate of drug-likeness (QED) is 0.721. The van der Waals surface area contributed by atoms with Crippen molar-refractivity contribution in [2.75, 3.05) is 26.4 Å². The smallest absolute Gasteiger partial charge is 0.171 e. The Labute approximate surface area is 109 Å². The number of ether oxygens (including phenoxy) is 4. The van der Waals surface area contributed by atoms with Gasteiger partial charge in [0.15, 0.2) is 12.1 Å². The largest absolute Gasteiger partial charge is 0.350 e. The van der Waals surface area contributed by atoms with Crippen LogP contribution in [-0.4, -0.2) is 38.5 Å². The molecule has 0 bridgehead atoms. The zero-order valence-electron chi connectivity index (χ0n) is 11.2. The van der Waals surface area contributed by atoms with E-state index in [1.807, 2.05) is 0 Å². The van der Waals surface area contributed by atoms with Crippen molar-refractivity contribution >= 4 is 0 Å². The summed E-state index contributed by atoms with van der Waals surface area (Å²) in [5.74, 6) is 0.674. The van der Waals surface area contributed by atoms with E-state index in [9.17, 15) is 0 Å². The van der Waals surface area contributed by atoms with Gasteiger partial charge in [0.05, 0.1) is 26.4 Å². The van der Waals surface area contributed by atoms with Crippen molar-refractivity contribution in [2.24, 2.45) is 11.8 Å². The Morgan fingerprint density at radius 1 is 0.889 bits per heavy atom. The van der Waals surface area contributed by atoms with Crippen molar-refractivity contribution in [1.82, 2.24) is 0 Å². The van der Waals surface area contributed by atoms with Gasteiger partial charge in [0.1, 0.15) is 0 Å². The van der Waals surface area contributed by atoms with Crippen LogP contribution in [0.1, 0.15) is 39.0 Å². The van der Waals surface area contributed by atoms with Gasteiger partial charge in [-0.1, -0.05) is 13.3 Å². The van der Waals surface area contributed by atoms with E-state index in [1.54, 1.807) is 0 Å². The van der Waals surface area contributed by atoms with Gasteiger partial charge in [-0.3, -0.25) is 0 Å². The molecule has 4 nitrogen and oxygen atoms in total. The molecule has 2 heterocycles. The van der Waals surface area contributed by atoms with Crippen LogP contribution in [0.3, 0.4) is 0 Å². The van der Waals surface area contributed by atoms with E-state index in [1.165, 1.54) is 19.3 Å². The number of hydrogen-bond acceptors (Lipinski definition) is 4. The lowest BCUT2D eigenvalue weighted by atomic mass is 9.82. The van der Waals surface area contributed by atoms with E-state index in [2.05, 4.69) is 6.92 Å². The highest BCUT2D eigenvalue weighted by Crippen LogP contribution is 2.40. The van der Waals surface area contributed by atoms with Crippen LogP contribution in [0, 0.1) is 11.8 Å². The van der Waals surface area contributed by atoms with Gasteiger partial charge >= 0.3 is 0 Å². The Morgan fingerprint density at radius 3 is 2.33 bits per heavy atom. The Kier molecular flexibility index (Phi) is 3.89. The first kappa shape index (κ1) is 12.9. The average Bonchev–Trinajstić information content (AvgIpc) is 3.02. The number of hydrogen-bond donors (Lipinski definition) is 0. The Balaban J connectivity index is 1.65. The van der Waals surface area contributed by atoms with E-state index < -0.39 is 0 Å². The first-order valence-electron chi connectivity index (χ1n) is 7.31. The van der Waals surface area contributed by atoms with Crippen LogP contribution in [0.2, 0.25) is 0 Å². The highest BCUT2D eigenvalue weighted by molar-refractivity contribution is 4.85. The van der Waals surface area contributed by atoms with Crippen molar-refractivity contribution in [3.05, 3.63) is 0 Å². The lowest BCUT2D eigenvalue weighted by Crippen LogP contribution is -2.40. The molecular formula is C14H24O4. The molecule has 0 N–H and O–H groups in total. The summed E-state index contributed by atoms with van der Waals surface area (Å²) in [5, 5.41) is 0. The molecule has 0 aromatic rings. The fourth-order valence-electron chi connectivity index (χ4n) is 3.50. The summed E-state index contributed by atoms with van der Waals surface area (Å²) >= 11 is 0. The zero-order valence-corrected chi connectivity index (χ0v) is 11.2. The minimum Gasteiger partial charge on any atom is -0.350 e. The van der Waals surface area contributed by atoms with Crippen LogP contribution < -0.4 is 0 Å². The summed E-state index contributed by atoms with van der Waals surface area (Å²) in [6.45, 7) is 5.23. The van der Waals surface area contributed by atoms with E-state index in [0.29, 0.717) is 11.8 Å². The van der Waals surface area contributed by atoms with E-state index in [0.717, 1.165) is 39.3 Å². The molecule has 3 rings (SSSR count). The lowest BCUT2D eigenvalue weighted by Gasteiger charge is -2.37. The maximum atomic E-state index is 5.94. The normalized spacial score (nSPS) is 37.8. The van der Waals surface area contributed by atoms with Gasteiger partial charge in [-0.05, 0) is 19.3 Å². The second-order valence-corrected chi connectivity index (χ2v) is 5.75. The predicted molar refractivity (Wildman–Crippen MR) is 66.1 cm³/mol. The van der Waals surface area contributed by atoms with Crippen molar-refractivity contribution in [1.29, 1.82) is 0 Å². The zero-order chi connectivity index (χ0) is 12.4. The summed E-state index contributed by atoms with van der Waals surface area (Å²) in [7, 11) is 0. The average molecular weight is 256 g/mol. The first-order chi connectivity index (χ1) is 8.80. The molecule has 18 heavy (non-hydrogen) atoms. The summed E-state index contributed by atoms with van der Waals surface area (Å²) < 4.78 is 23.2. The molecule has 0 amide bonds. The van der Waals surface area contributed by atoms with Crippen molar-refractivity contribution < 1.29 is 18.9 Å². The molecule has 1 spiro atoms. The molecule has 0 aromatic carbocycles. The van der Waals surface area contributed by atoms with Gasteiger partial charge in [0.2, 0.25) is 0 Å². The van der Waals surface area contributed by atoms with Crippen molar-refractivity contribution in [3.63, 3.8) is 0 Å². The molecule has 1 aliphatic carbocycles. The fourth-order valence-corrected chi connectivity index (χ4v) is 3.50. The van der Waals surface area contributed by atoms with Gasteiger partial charge in [-0.25, -0.2) is 0 Å². The molecule has 3 fully saturated rings. The van der Waals surface area contributed by atoms with Gasteiger partial charge < -0.3 is 18.9 Å². The molecule has 0 aromatic heterocycles. The van der Waals surface area contributed by atoms with Crippen LogP contribution in [0.25, 0.3) is 0 Å². The van der Waals surface area contributed by atoms with Crippen LogP contribution in [0.4, 0.5) is 0 Å². The standard InChI is InChI=1S/C14H24O4/c1-11-3-2-4-12(13-15-7-8-16-13)5-6-14(11)17-9-10-18-14/h11-13H,2-10H2,1H3/t11-,12+/m1/s1. The van der Waals surface area contributed by atoms with Crippen LogP contribution in [0.5, 0.6) is 0 Å². The minimum atomic E-state index is -0.322. The topological polar surface area (TPSA) is 36.9 Å². The fraction of sp³-hybridized carbons (Fsp3) is 1.00.